The number of carbonyl (C=O) groups excluding carboxylic acids is 1. The molecule has 0 N–H and O–H groups in total. The van der Waals surface area contributed by atoms with Gasteiger partial charge >= 0.3 is 0 Å². The zero-order valence-corrected chi connectivity index (χ0v) is 31.2. The number of imidazole rings is 2. The fourth-order valence-corrected chi connectivity index (χ4v) is 6.98. The molecule has 1 atom stereocenters. The molecule has 0 spiro atoms. The van der Waals surface area contributed by atoms with E-state index in [9.17, 15) is 10.1 Å². The second kappa shape index (κ2) is 16.1. The maximum atomic E-state index is 10.9. The molecule has 1 unspecified atom stereocenters. The number of hydrogen-bond donors (Lipinski definition) is 0. The molecule has 1 aliphatic rings. The van der Waals surface area contributed by atoms with Gasteiger partial charge in [-0.15, -0.1) is 0 Å². The predicted octanol–water partition coefficient (Wildman–Crippen LogP) is 7.21. The molecule has 0 aliphatic carbocycles. The molecule has 1 aliphatic heterocycles. The molecule has 0 saturated carbocycles. The summed E-state index contributed by atoms with van der Waals surface area (Å²) in [6.45, 7) is 5.79. The molecule has 270 valence electrons. The Morgan fingerprint density at radius 3 is 1.81 bits per heavy atom. The van der Waals surface area contributed by atoms with E-state index >= 15 is 0 Å². The fourth-order valence-electron chi connectivity index (χ4n) is 6.98. The van der Waals surface area contributed by atoms with Crippen LogP contribution in [-0.2, 0) is 26.9 Å². The van der Waals surface area contributed by atoms with E-state index in [-0.39, 0.29) is 12.0 Å². The Kier molecular flexibility index (Phi) is 11.1. The average Bonchev–Trinajstić information content (AvgIpc) is 3.78. The van der Waals surface area contributed by atoms with Crippen LogP contribution in [0.1, 0.15) is 59.8 Å². The van der Waals surface area contributed by atoms with Crippen LogP contribution in [0.2, 0.25) is 0 Å². The van der Waals surface area contributed by atoms with Crippen LogP contribution in [0.4, 0.5) is 23.0 Å². The van der Waals surface area contributed by atoms with E-state index in [4.69, 9.17) is 5.26 Å². The predicted molar refractivity (Wildman–Crippen MR) is 208 cm³/mol. The highest BCUT2D eigenvalue weighted by Gasteiger charge is 2.27. The molecule has 4 aromatic heterocycles. The number of piperidine rings is 1. The van der Waals surface area contributed by atoms with Crippen LogP contribution < -0.4 is 9.80 Å². The summed E-state index contributed by atoms with van der Waals surface area (Å²) < 4.78 is 3.97. The lowest BCUT2D eigenvalue weighted by molar-refractivity contribution is 0.112. The molecular formula is C41H45N11O. The monoisotopic (exact) mass is 707 g/mol. The number of anilines is 4. The van der Waals surface area contributed by atoms with Crippen LogP contribution >= 0.6 is 0 Å². The van der Waals surface area contributed by atoms with Crippen molar-refractivity contribution in [2.24, 2.45) is 20.0 Å². The van der Waals surface area contributed by atoms with Gasteiger partial charge in [-0.1, -0.05) is 26.0 Å². The molecule has 2 aromatic carbocycles. The van der Waals surface area contributed by atoms with Crippen molar-refractivity contribution in [3.8, 4) is 12.1 Å². The Labute approximate surface area is 310 Å². The van der Waals surface area contributed by atoms with Crippen molar-refractivity contribution < 1.29 is 4.79 Å². The summed E-state index contributed by atoms with van der Waals surface area (Å²) in [5, 5.41) is 19.0. The van der Waals surface area contributed by atoms with Crippen molar-refractivity contribution >= 4 is 51.4 Å². The molecule has 7 rings (SSSR count). The molecule has 53 heavy (non-hydrogen) atoms. The molecule has 0 amide bonds. The summed E-state index contributed by atoms with van der Waals surface area (Å²) in [5.74, 6) is 1.82. The number of hydrogen-bond acceptors (Lipinski definition) is 10. The van der Waals surface area contributed by atoms with E-state index in [1.807, 2.05) is 72.6 Å². The third-order valence-corrected chi connectivity index (χ3v) is 10.2. The Hall–Kier alpha value is -6.11. The number of carbonyl (C=O) groups is 1. The second-order valence-corrected chi connectivity index (χ2v) is 13.5. The van der Waals surface area contributed by atoms with Crippen LogP contribution in [0.5, 0.6) is 0 Å². The number of rotatable bonds is 9. The SMILES string of the molecule is CCc1cc(C(C#N)N2CCC(C#N)CC2)ccc1N(C)c1cc2c(cn1)ncn2C.CCc1cc(C=O)ccc1N(C)c1cc2c(cn1)ncn2C. The number of nitrogens with zero attached hydrogens (tertiary/aromatic N) is 11. The van der Waals surface area contributed by atoms with E-state index in [1.165, 1.54) is 5.56 Å². The molecule has 1 saturated heterocycles. The highest BCUT2D eigenvalue weighted by atomic mass is 16.1. The van der Waals surface area contributed by atoms with E-state index in [1.54, 1.807) is 25.0 Å². The summed E-state index contributed by atoms with van der Waals surface area (Å²) in [7, 11) is 7.95. The van der Waals surface area contributed by atoms with Crippen LogP contribution in [0.3, 0.4) is 0 Å². The zero-order valence-electron chi connectivity index (χ0n) is 31.2. The van der Waals surface area contributed by atoms with Crippen LogP contribution in [-0.4, -0.2) is 67.4 Å². The smallest absolute Gasteiger partial charge is 0.150 e. The molecule has 1 fully saturated rings. The number of fused-ring (bicyclic) bond motifs is 2. The van der Waals surface area contributed by atoms with Gasteiger partial charge in [0.1, 0.15) is 35.0 Å². The molecule has 6 aromatic rings. The van der Waals surface area contributed by atoms with Crippen molar-refractivity contribution in [3.63, 3.8) is 0 Å². The normalized spacial score (nSPS) is 13.9. The van der Waals surface area contributed by atoms with Gasteiger partial charge in [-0.05, 0) is 66.6 Å². The first kappa shape index (κ1) is 36.7. The topological polar surface area (TPSA) is 136 Å². The maximum Gasteiger partial charge on any atom is 0.150 e. The van der Waals surface area contributed by atoms with Crippen molar-refractivity contribution in [1.29, 1.82) is 10.5 Å². The third-order valence-electron chi connectivity index (χ3n) is 10.2. The number of aldehydes is 1. The molecule has 12 heteroatoms. The standard InChI is InChI=1S/C24H27N7.C17H18N4O/c1-4-18-11-19(23(14-26)31-9-7-17(13-25)8-10-31)5-6-21(18)30(3)24-12-22-20(15-27-24)28-16-29(22)2;1-4-13-7-12(10-22)5-6-15(13)21(3)17-8-16-14(9-18-17)19-11-20(16)2/h5-6,11-12,15-17,23H,4,7-10H2,1-3H3;5-11H,4H2,1-3H3. The number of pyridine rings is 2. The second-order valence-electron chi connectivity index (χ2n) is 13.5. The van der Waals surface area contributed by atoms with Gasteiger partial charge in [-0.2, -0.15) is 10.5 Å². The van der Waals surface area contributed by atoms with Gasteiger partial charge in [0.05, 0.1) is 48.2 Å². The molecule has 0 radical (unpaired) electrons. The first-order chi connectivity index (χ1) is 25.7. The molecule has 5 heterocycles. The highest BCUT2D eigenvalue weighted by molar-refractivity contribution is 5.81. The van der Waals surface area contributed by atoms with Crippen molar-refractivity contribution in [1.82, 2.24) is 34.0 Å². The first-order valence-corrected chi connectivity index (χ1v) is 17.9. The summed E-state index contributed by atoms with van der Waals surface area (Å²) in [4.78, 5) is 35.0. The average molecular weight is 708 g/mol. The lowest BCUT2D eigenvalue weighted by atomic mass is 9.94. The van der Waals surface area contributed by atoms with Gasteiger partial charge in [0.2, 0.25) is 0 Å². The van der Waals surface area contributed by atoms with Crippen LogP contribution in [0, 0.1) is 28.6 Å². The molecule has 12 nitrogen and oxygen atoms in total. The van der Waals surface area contributed by atoms with Crippen LogP contribution in [0.25, 0.3) is 22.1 Å². The minimum Gasteiger partial charge on any atom is -0.334 e. The Morgan fingerprint density at radius 1 is 0.792 bits per heavy atom. The van der Waals surface area contributed by atoms with Crippen LogP contribution in [0.15, 0.2) is 73.6 Å². The Bertz CT molecular complexity index is 2320. The fraction of sp³-hybridized carbons (Fsp3) is 0.341. The number of nitriles is 2. The maximum absolute atomic E-state index is 10.9. The summed E-state index contributed by atoms with van der Waals surface area (Å²) in [6.07, 6.45) is 11.4. The first-order valence-electron chi connectivity index (χ1n) is 17.9. The zero-order chi connectivity index (χ0) is 37.6. The number of likely N-dealkylation sites (tertiary alicyclic amines) is 1. The quantitative estimate of drug-likeness (QED) is 0.142. The third kappa shape index (κ3) is 7.59. The summed E-state index contributed by atoms with van der Waals surface area (Å²) in [5.41, 5.74) is 10.00. The minimum absolute atomic E-state index is 0.113. The van der Waals surface area contributed by atoms with Gasteiger partial charge in [0.15, 0.2) is 0 Å². The summed E-state index contributed by atoms with van der Waals surface area (Å²) in [6, 6.07) is 20.7. The van der Waals surface area contributed by atoms with Crippen molar-refractivity contribution in [2.75, 3.05) is 37.0 Å². The summed E-state index contributed by atoms with van der Waals surface area (Å²) >= 11 is 0. The molecular weight excluding hydrogens is 663 g/mol. The Morgan fingerprint density at radius 2 is 1.32 bits per heavy atom. The van der Waals surface area contributed by atoms with Gasteiger partial charge in [-0.3, -0.25) is 9.69 Å². The lowest BCUT2D eigenvalue weighted by Crippen LogP contribution is -2.36. The lowest BCUT2D eigenvalue weighted by Gasteiger charge is -2.33. The minimum atomic E-state index is -0.284. The number of aryl methyl sites for hydroxylation is 4. The van der Waals surface area contributed by atoms with Gasteiger partial charge in [0.25, 0.3) is 0 Å². The highest BCUT2D eigenvalue weighted by Crippen LogP contribution is 2.33. The van der Waals surface area contributed by atoms with Crippen molar-refractivity contribution in [3.05, 3.63) is 95.8 Å². The van der Waals surface area contributed by atoms with E-state index in [0.717, 1.165) is 101 Å². The molecule has 0 bridgehead atoms. The van der Waals surface area contributed by atoms with Crippen molar-refractivity contribution in [2.45, 2.75) is 45.6 Å². The van der Waals surface area contributed by atoms with Gasteiger partial charge in [0, 0.05) is 76.3 Å². The number of aromatic nitrogens is 6. The Balaban J connectivity index is 0.000000192. The van der Waals surface area contributed by atoms with Gasteiger partial charge in [-0.25, -0.2) is 19.9 Å². The largest absolute Gasteiger partial charge is 0.334 e. The van der Waals surface area contributed by atoms with Gasteiger partial charge < -0.3 is 18.9 Å². The van der Waals surface area contributed by atoms with E-state index in [0.29, 0.717) is 5.56 Å². The van der Waals surface area contributed by atoms with E-state index in [2.05, 4.69) is 73.9 Å². The number of benzene rings is 2. The van der Waals surface area contributed by atoms with E-state index < -0.39 is 0 Å².